The van der Waals surface area contributed by atoms with Gasteiger partial charge >= 0.3 is 6.09 Å². The fraction of sp³-hybridized carbons (Fsp3) is 0.875. The molecule has 0 bridgehead atoms. The molecule has 0 radical (unpaired) electrons. The van der Waals surface area contributed by atoms with Crippen LogP contribution in [0.3, 0.4) is 0 Å². The molecule has 0 saturated carbocycles. The van der Waals surface area contributed by atoms with Gasteiger partial charge in [-0.3, -0.25) is 0 Å². The van der Waals surface area contributed by atoms with E-state index in [1.54, 1.807) is 7.05 Å². The third kappa shape index (κ3) is 4.96. The third-order valence-corrected chi connectivity index (χ3v) is 1.15. The van der Waals surface area contributed by atoms with Gasteiger partial charge in [-0.05, 0) is 20.8 Å². The Labute approximate surface area is 73.1 Å². The van der Waals surface area contributed by atoms with Crippen LogP contribution in [0.15, 0.2) is 0 Å². The number of carbonyl (C=O) groups excluding carboxylic acids is 1. The Morgan fingerprint density at radius 2 is 2.00 bits per heavy atom. The fourth-order valence-electron chi connectivity index (χ4n) is 0.599. The Morgan fingerprint density at radius 3 is 2.33 bits per heavy atom. The van der Waals surface area contributed by atoms with E-state index in [1.807, 2.05) is 20.8 Å². The maximum Gasteiger partial charge on any atom is 0.410 e. The second kappa shape index (κ2) is 4.30. The molecule has 12 heavy (non-hydrogen) atoms. The standard InChI is InChI=1S/C8H17NO3/c1-8(2,3)12-7(11)9(4)5-6-10/h10H,5-6H2,1-4H3/p+1. The zero-order valence-corrected chi connectivity index (χ0v) is 8.18. The number of hydrogen-bond acceptors (Lipinski definition) is 2. The van der Waals surface area contributed by atoms with Crippen LogP contribution >= 0.6 is 0 Å². The quantitative estimate of drug-likeness (QED) is 0.578. The molecule has 0 spiro atoms. The first-order valence-corrected chi connectivity index (χ1v) is 3.95. The Bertz CT molecular complexity index is 151. The van der Waals surface area contributed by atoms with Crippen molar-refractivity contribution in [2.45, 2.75) is 26.4 Å². The molecule has 0 aromatic rings. The Morgan fingerprint density at radius 1 is 1.50 bits per heavy atom. The lowest BCUT2D eigenvalue weighted by atomic mass is 10.2. The van der Waals surface area contributed by atoms with Gasteiger partial charge < -0.3 is 14.7 Å². The molecule has 4 heteroatoms. The summed E-state index contributed by atoms with van der Waals surface area (Å²) in [6, 6.07) is 0. The van der Waals surface area contributed by atoms with Gasteiger partial charge in [0.05, 0.1) is 6.54 Å². The van der Waals surface area contributed by atoms with Crippen LogP contribution < -0.4 is 0 Å². The molecule has 0 aromatic heterocycles. The number of rotatable bonds is 2. The van der Waals surface area contributed by atoms with Crippen molar-refractivity contribution in [1.82, 2.24) is 4.90 Å². The molecule has 72 valence electrons. The van der Waals surface area contributed by atoms with E-state index in [4.69, 9.17) is 9.84 Å². The second-order valence-corrected chi connectivity index (χ2v) is 3.65. The number of ether oxygens (including phenoxy) is 1. The zero-order chi connectivity index (χ0) is 9.78. The lowest BCUT2D eigenvalue weighted by Crippen LogP contribution is -2.35. The van der Waals surface area contributed by atoms with Crippen molar-refractivity contribution < 1.29 is 14.6 Å². The average molecular weight is 176 g/mol. The molecule has 4 nitrogen and oxygen atoms in total. The lowest BCUT2D eigenvalue weighted by Gasteiger charge is -2.23. The van der Waals surface area contributed by atoms with Crippen LogP contribution in [-0.4, -0.2) is 41.9 Å². The summed E-state index contributed by atoms with van der Waals surface area (Å²) in [6.07, 6.45) is -0.366. The molecule has 0 unspecified atom stereocenters. The summed E-state index contributed by atoms with van der Waals surface area (Å²) < 4.78 is 5.06. The highest BCUT2D eigenvalue weighted by molar-refractivity contribution is 5.67. The maximum atomic E-state index is 11.2. The zero-order valence-electron chi connectivity index (χ0n) is 8.18. The van der Waals surface area contributed by atoms with Gasteiger partial charge in [0.2, 0.25) is 0 Å². The average Bonchev–Trinajstić information content (AvgIpc) is 1.84. The van der Waals surface area contributed by atoms with E-state index in [2.05, 4.69) is 0 Å². The van der Waals surface area contributed by atoms with Crippen molar-refractivity contribution in [3.63, 3.8) is 0 Å². The lowest BCUT2D eigenvalue weighted by molar-refractivity contribution is 0.0272. The summed E-state index contributed by atoms with van der Waals surface area (Å²) >= 11 is 0. The van der Waals surface area contributed by atoms with Crippen molar-refractivity contribution in [1.29, 1.82) is 0 Å². The first-order valence-electron chi connectivity index (χ1n) is 3.95. The van der Waals surface area contributed by atoms with Crippen molar-refractivity contribution in [2.75, 3.05) is 20.2 Å². The van der Waals surface area contributed by atoms with Crippen LogP contribution in [-0.2, 0) is 4.74 Å². The van der Waals surface area contributed by atoms with Crippen molar-refractivity contribution in [3.05, 3.63) is 0 Å². The van der Waals surface area contributed by atoms with E-state index in [0.29, 0.717) is 6.54 Å². The monoisotopic (exact) mass is 176 g/mol. The van der Waals surface area contributed by atoms with Gasteiger partial charge in [-0.1, -0.05) is 0 Å². The smallest absolute Gasteiger partial charge is 0.410 e. The highest BCUT2D eigenvalue weighted by atomic mass is 16.6. The Balaban J connectivity index is 3.87. The van der Waals surface area contributed by atoms with Crippen LogP contribution in [0.4, 0.5) is 4.79 Å². The second-order valence-electron chi connectivity index (χ2n) is 3.65. The van der Waals surface area contributed by atoms with Crippen LogP contribution in [0.5, 0.6) is 0 Å². The first-order chi connectivity index (χ1) is 5.37. The Hall–Kier alpha value is -0.770. The van der Waals surface area contributed by atoms with E-state index in [9.17, 15) is 4.79 Å². The minimum Gasteiger partial charge on any atom is -0.444 e. The van der Waals surface area contributed by atoms with Gasteiger partial charge in [0, 0.05) is 7.05 Å². The van der Waals surface area contributed by atoms with E-state index < -0.39 is 5.60 Å². The number of hydrogen-bond donors (Lipinski definition) is 0. The predicted octanol–water partition coefficient (Wildman–Crippen LogP) is 0.578. The minimum absolute atomic E-state index is 0.204. The van der Waals surface area contributed by atoms with Crippen molar-refractivity contribution in [3.8, 4) is 0 Å². The highest BCUT2D eigenvalue weighted by Crippen LogP contribution is 2.08. The molecule has 0 aliphatic rings. The number of carbonyl (C=O) groups is 1. The highest BCUT2D eigenvalue weighted by Gasteiger charge is 2.19. The van der Waals surface area contributed by atoms with Crippen LogP contribution in [0.2, 0.25) is 0 Å². The summed E-state index contributed by atoms with van der Waals surface area (Å²) in [5.74, 6) is 0. The molecule has 2 N–H and O–H groups in total. The number of likely N-dealkylation sites (N-methyl/N-ethyl adjacent to an activating group) is 1. The summed E-state index contributed by atoms with van der Waals surface area (Å²) in [6.45, 7) is 6.07. The number of amides is 1. The van der Waals surface area contributed by atoms with Gasteiger partial charge in [0.1, 0.15) is 5.60 Å². The number of nitrogens with zero attached hydrogens (tertiary/aromatic N) is 1. The van der Waals surface area contributed by atoms with Gasteiger partial charge in [-0.15, -0.1) is 0 Å². The van der Waals surface area contributed by atoms with E-state index in [0.717, 1.165) is 0 Å². The van der Waals surface area contributed by atoms with Crippen LogP contribution in [0, 0.1) is 0 Å². The molecular formula is C8H18NO3+. The van der Waals surface area contributed by atoms with Gasteiger partial charge in [-0.2, -0.15) is 0 Å². The molecular weight excluding hydrogens is 158 g/mol. The molecule has 0 fully saturated rings. The summed E-state index contributed by atoms with van der Waals surface area (Å²) in [5.41, 5.74) is -0.451. The van der Waals surface area contributed by atoms with Gasteiger partial charge in [0.15, 0.2) is 6.61 Å². The third-order valence-electron chi connectivity index (χ3n) is 1.15. The van der Waals surface area contributed by atoms with Crippen molar-refractivity contribution in [2.24, 2.45) is 0 Å². The predicted molar refractivity (Wildman–Crippen MR) is 47.3 cm³/mol. The molecule has 0 saturated heterocycles. The SMILES string of the molecule is CN(CC[OH2+])C(=O)OC(C)(C)C. The summed E-state index contributed by atoms with van der Waals surface area (Å²) in [7, 11) is 1.63. The van der Waals surface area contributed by atoms with Crippen molar-refractivity contribution >= 4 is 6.09 Å². The molecule has 0 atom stereocenters. The molecule has 0 aliphatic heterocycles. The molecule has 0 rings (SSSR count). The topological polar surface area (TPSA) is 52.4 Å². The first kappa shape index (κ1) is 11.2. The fourth-order valence-corrected chi connectivity index (χ4v) is 0.599. The van der Waals surface area contributed by atoms with Gasteiger partial charge in [0.25, 0.3) is 0 Å². The van der Waals surface area contributed by atoms with Crippen LogP contribution in [0.1, 0.15) is 20.8 Å². The van der Waals surface area contributed by atoms with E-state index in [-0.39, 0.29) is 12.7 Å². The van der Waals surface area contributed by atoms with E-state index >= 15 is 0 Å². The molecule has 0 aliphatic carbocycles. The summed E-state index contributed by atoms with van der Waals surface area (Å²) in [4.78, 5) is 12.6. The normalized spacial score (nSPS) is 11.1. The molecule has 0 heterocycles. The van der Waals surface area contributed by atoms with Crippen LogP contribution in [0.25, 0.3) is 0 Å². The minimum atomic E-state index is -0.451. The van der Waals surface area contributed by atoms with Gasteiger partial charge in [-0.25, -0.2) is 4.79 Å². The largest absolute Gasteiger partial charge is 0.444 e. The maximum absolute atomic E-state index is 11.2. The Kier molecular flexibility index (Phi) is 4.03. The van der Waals surface area contributed by atoms with E-state index in [1.165, 1.54) is 4.90 Å². The molecule has 1 amide bonds. The summed E-state index contributed by atoms with van der Waals surface area (Å²) in [5, 5.41) is 6.91. The molecule has 0 aromatic carbocycles.